The van der Waals surface area contributed by atoms with Crippen molar-refractivity contribution >= 4 is 29.1 Å². The molecule has 1 aliphatic rings. The van der Waals surface area contributed by atoms with Crippen molar-refractivity contribution in [2.24, 2.45) is 0 Å². The lowest BCUT2D eigenvalue weighted by Crippen LogP contribution is -2.47. The molecule has 1 fully saturated rings. The molecule has 28 heavy (non-hydrogen) atoms. The number of halogens is 4. The second kappa shape index (κ2) is 9.65. The predicted octanol–water partition coefficient (Wildman–Crippen LogP) is 3.83. The van der Waals surface area contributed by atoms with E-state index in [4.69, 9.17) is 27.9 Å². The molecule has 0 aromatic heterocycles. The normalized spacial score (nSPS) is 17.5. The first kappa shape index (κ1) is 21.0. The third-order valence-corrected chi connectivity index (χ3v) is 5.28. The fourth-order valence-electron chi connectivity index (χ4n) is 3.10. The minimum absolute atomic E-state index is 0.203. The Morgan fingerprint density at radius 1 is 1.18 bits per heavy atom. The smallest absolute Gasteiger partial charge is 0.224 e. The number of nitrogens with zero attached hydrogens (tertiary/aromatic N) is 1. The topological polar surface area (TPSA) is 41.6 Å². The Morgan fingerprint density at radius 2 is 1.93 bits per heavy atom. The highest BCUT2D eigenvalue weighted by Crippen LogP contribution is 2.23. The van der Waals surface area contributed by atoms with Gasteiger partial charge in [-0.05, 0) is 29.8 Å². The molecule has 150 valence electrons. The van der Waals surface area contributed by atoms with E-state index >= 15 is 0 Å². The molecule has 2 aromatic carbocycles. The number of amides is 1. The summed E-state index contributed by atoms with van der Waals surface area (Å²) in [6.07, 6.45) is -0.552. The van der Waals surface area contributed by atoms with Gasteiger partial charge in [-0.15, -0.1) is 0 Å². The molecule has 0 bridgehead atoms. The lowest BCUT2D eigenvalue weighted by Gasteiger charge is -2.33. The minimum atomic E-state index is -0.725. The zero-order valence-corrected chi connectivity index (χ0v) is 16.6. The van der Waals surface area contributed by atoms with Crippen molar-refractivity contribution in [2.75, 3.05) is 26.2 Å². The Morgan fingerprint density at radius 3 is 2.64 bits per heavy atom. The fraction of sp³-hybridized carbons (Fsp3) is 0.350. The first-order chi connectivity index (χ1) is 13.4. The van der Waals surface area contributed by atoms with Crippen LogP contribution in [0.1, 0.15) is 11.1 Å². The van der Waals surface area contributed by atoms with E-state index in [2.05, 4.69) is 10.2 Å². The number of benzene rings is 2. The van der Waals surface area contributed by atoms with Gasteiger partial charge in [0.15, 0.2) is 0 Å². The second-order valence-electron chi connectivity index (χ2n) is 6.66. The number of ether oxygens (including phenoxy) is 1. The fourth-order valence-corrected chi connectivity index (χ4v) is 3.42. The van der Waals surface area contributed by atoms with Crippen molar-refractivity contribution < 1.29 is 18.3 Å². The van der Waals surface area contributed by atoms with Crippen LogP contribution in [-0.4, -0.2) is 43.2 Å². The van der Waals surface area contributed by atoms with Gasteiger partial charge in [-0.1, -0.05) is 35.3 Å². The summed E-state index contributed by atoms with van der Waals surface area (Å²) in [6, 6.07) is 9.06. The summed E-state index contributed by atoms with van der Waals surface area (Å²) in [5, 5.41) is 3.72. The summed E-state index contributed by atoms with van der Waals surface area (Å²) in [7, 11) is 0. The second-order valence-corrected chi connectivity index (χ2v) is 7.47. The Hall–Kier alpha value is -1.73. The van der Waals surface area contributed by atoms with Crippen molar-refractivity contribution in [2.45, 2.75) is 19.1 Å². The molecule has 8 heteroatoms. The maximum Gasteiger partial charge on any atom is 0.224 e. The molecular weight excluding hydrogens is 409 g/mol. The van der Waals surface area contributed by atoms with Crippen molar-refractivity contribution in [3.63, 3.8) is 0 Å². The summed E-state index contributed by atoms with van der Waals surface area (Å²) < 4.78 is 33.0. The van der Waals surface area contributed by atoms with Crippen molar-refractivity contribution in [3.8, 4) is 0 Å². The Bertz CT molecular complexity index is 831. The van der Waals surface area contributed by atoms with E-state index in [1.54, 1.807) is 6.07 Å². The van der Waals surface area contributed by atoms with Crippen LogP contribution in [0.4, 0.5) is 8.78 Å². The lowest BCUT2D eigenvalue weighted by atomic mass is 10.1. The van der Waals surface area contributed by atoms with Gasteiger partial charge in [0.2, 0.25) is 5.91 Å². The van der Waals surface area contributed by atoms with Gasteiger partial charge in [-0.3, -0.25) is 9.69 Å². The van der Waals surface area contributed by atoms with Crippen LogP contribution in [0.25, 0.3) is 0 Å². The standard InChI is InChI=1S/C20H20Cl2F2N2O2/c21-16-5-4-13(8-17(16)22)11-26-6-7-28-14(12-26)10-25-20(27)9-15-18(23)2-1-3-19(15)24/h1-5,8,14H,6-7,9-12H2,(H,25,27). The van der Waals surface area contributed by atoms with Gasteiger partial charge in [0, 0.05) is 31.7 Å². The number of carbonyl (C=O) groups excluding carboxylic acids is 1. The van der Waals surface area contributed by atoms with Gasteiger partial charge in [0.25, 0.3) is 0 Å². The average Bonchev–Trinajstić information content (AvgIpc) is 2.66. The molecule has 0 spiro atoms. The molecule has 2 aromatic rings. The van der Waals surface area contributed by atoms with Crippen molar-refractivity contribution in [1.29, 1.82) is 0 Å². The van der Waals surface area contributed by atoms with Gasteiger partial charge in [-0.25, -0.2) is 8.78 Å². The predicted molar refractivity (Wildman–Crippen MR) is 105 cm³/mol. The van der Waals surface area contributed by atoms with Crippen LogP contribution in [-0.2, 0) is 22.5 Å². The van der Waals surface area contributed by atoms with E-state index in [0.29, 0.717) is 29.7 Å². The van der Waals surface area contributed by atoms with Crippen LogP contribution in [0.2, 0.25) is 10.0 Å². The molecule has 4 nitrogen and oxygen atoms in total. The average molecular weight is 429 g/mol. The van der Waals surface area contributed by atoms with Gasteiger partial charge in [0.05, 0.1) is 29.2 Å². The SMILES string of the molecule is O=C(Cc1c(F)cccc1F)NCC1CN(Cc2ccc(Cl)c(Cl)c2)CCO1. The number of rotatable bonds is 6. The third-order valence-electron chi connectivity index (χ3n) is 4.54. The molecule has 3 rings (SSSR count). The van der Waals surface area contributed by atoms with E-state index in [1.165, 1.54) is 6.07 Å². The van der Waals surface area contributed by atoms with E-state index in [1.807, 2.05) is 12.1 Å². The Labute approximate surface area is 172 Å². The molecule has 1 unspecified atom stereocenters. The van der Waals surface area contributed by atoms with Crippen molar-refractivity contribution in [1.82, 2.24) is 10.2 Å². The summed E-state index contributed by atoms with van der Waals surface area (Å²) in [6.45, 7) is 2.86. The molecule has 1 atom stereocenters. The van der Waals surface area contributed by atoms with Gasteiger partial charge < -0.3 is 10.1 Å². The molecule has 0 aliphatic carbocycles. The zero-order valence-electron chi connectivity index (χ0n) is 15.1. The van der Waals surface area contributed by atoms with Crippen LogP contribution in [0, 0.1) is 11.6 Å². The number of hydrogen-bond donors (Lipinski definition) is 1. The number of hydrogen-bond acceptors (Lipinski definition) is 3. The van der Waals surface area contributed by atoms with Gasteiger partial charge >= 0.3 is 0 Å². The van der Waals surface area contributed by atoms with E-state index in [0.717, 1.165) is 24.2 Å². The zero-order chi connectivity index (χ0) is 20.1. The molecule has 1 aliphatic heterocycles. The van der Waals surface area contributed by atoms with Gasteiger partial charge in [-0.2, -0.15) is 0 Å². The quantitative estimate of drug-likeness (QED) is 0.759. The Kier molecular flexibility index (Phi) is 7.24. The molecule has 0 saturated carbocycles. The summed E-state index contributed by atoms with van der Waals surface area (Å²) in [5.74, 6) is -1.90. The lowest BCUT2D eigenvalue weighted by molar-refractivity contribution is -0.121. The Balaban J connectivity index is 1.49. The summed E-state index contributed by atoms with van der Waals surface area (Å²) in [5.41, 5.74) is 0.805. The highest BCUT2D eigenvalue weighted by atomic mass is 35.5. The van der Waals surface area contributed by atoms with E-state index in [9.17, 15) is 13.6 Å². The number of nitrogens with one attached hydrogen (secondary N) is 1. The summed E-state index contributed by atoms with van der Waals surface area (Å²) >= 11 is 12.0. The molecule has 1 N–H and O–H groups in total. The van der Waals surface area contributed by atoms with Crippen LogP contribution >= 0.6 is 23.2 Å². The van der Waals surface area contributed by atoms with E-state index < -0.39 is 17.5 Å². The molecule has 0 radical (unpaired) electrons. The monoisotopic (exact) mass is 428 g/mol. The maximum atomic E-state index is 13.6. The van der Waals surface area contributed by atoms with Crippen LogP contribution in [0.3, 0.4) is 0 Å². The first-order valence-corrected chi connectivity index (χ1v) is 9.65. The first-order valence-electron chi connectivity index (χ1n) is 8.90. The molecular formula is C20H20Cl2F2N2O2. The summed E-state index contributed by atoms with van der Waals surface area (Å²) in [4.78, 5) is 14.3. The highest BCUT2D eigenvalue weighted by molar-refractivity contribution is 6.42. The third kappa shape index (κ3) is 5.64. The molecule has 1 saturated heterocycles. The van der Waals surface area contributed by atoms with Gasteiger partial charge in [0.1, 0.15) is 11.6 Å². The van der Waals surface area contributed by atoms with E-state index in [-0.39, 0.29) is 24.6 Å². The number of carbonyl (C=O) groups is 1. The molecule has 1 heterocycles. The largest absolute Gasteiger partial charge is 0.374 e. The maximum absolute atomic E-state index is 13.6. The van der Waals surface area contributed by atoms with Crippen LogP contribution < -0.4 is 5.32 Å². The van der Waals surface area contributed by atoms with Crippen LogP contribution in [0.5, 0.6) is 0 Å². The number of morpholine rings is 1. The molecule has 1 amide bonds. The minimum Gasteiger partial charge on any atom is -0.374 e. The van der Waals surface area contributed by atoms with Crippen molar-refractivity contribution in [3.05, 3.63) is 69.2 Å². The highest BCUT2D eigenvalue weighted by Gasteiger charge is 2.22. The van der Waals surface area contributed by atoms with Crippen LogP contribution in [0.15, 0.2) is 36.4 Å².